The molecule has 4 rings (SSSR count). The monoisotopic (exact) mass is 1030 g/mol. The summed E-state index contributed by atoms with van der Waals surface area (Å²) >= 11 is 0. The van der Waals surface area contributed by atoms with E-state index in [2.05, 4.69) is 0 Å². The molecule has 16 atom stereocenters. The second-order valence-corrected chi connectivity index (χ2v) is 23.3. The lowest BCUT2D eigenvalue weighted by Crippen LogP contribution is -2.61. The number of aliphatic hydroxyl groups excluding tert-OH is 1. The van der Waals surface area contributed by atoms with Crippen LogP contribution in [-0.2, 0) is 61.3 Å². The lowest BCUT2D eigenvalue weighted by atomic mass is 9.78. The highest BCUT2D eigenvalue weighted by Gasteiger charge is 2.53. The number of aliphatic hydroxyl groups is 2. The van der Waals surface area contributed by atoms with Gasteiger partial charge in [-0.2, -0.15) is 0 Å². The van der Waals surface area contributed by atoms with Gasteiger partial charge >= 0.3 is 13.6 Å². The molecule has 3 aliphatic heterocycles. The predicted molar refractivity (Wildman–Crippen MR) is 274 cm³/mol. The lowest BCUT2D eigenvalue weighted by Gasteiger charge is -2.42. The Morgan fingerprint density at radius 1 is 0.875 bits per heavy atom. The van der Waals surface area contributed by atoms with Gasteiger partial charge in [0.25, 0.3) is 11.7 Å². The molecule has 0 spiro atoms. The Morgan fingerprint density at radius 3 is 2.26 bits per heavy atom. The highest BCUT2D eigenvalue weighted by atomic mass is 31.2. The Balaban J connectivity index is 1.69. The molecule has 16 nitrogen and oxygen atoms in total. The predicted octanol–water partition coefficient (Wildman–Crippen LogP) is 8.45. The van der Waals surface area contributed by atoms with Crippen LogP contribution in [0.1, 0.15) is 139 Å². The fourth-order valence-electron chi connectivity index (χ4n) is 10.8. The molecule has 2 bridgehead atoms. The normalized spacial score (nSPS) is 38.6. The SMILES string of the molecule is CCCOP(C)(=O)O[C@@H]1CC[C@@H](C[C@@H](C)[C@@H]2CC(=O)[C@H](C)/C=C(\C)[C@@H](O)[C@@H](OC)C(=O)[C@H](C)C[C@H](C)/C=C/C=C/C=C(\C)[C@@H](OC)C[C@@H]3CCC(C)C(O)(O3)C(=O)C(=O)N3CCCCC3C(=O)O2)C[C@H]1OC. The van der Waals surface area contributed by atoms with Crippen molar-refractivity contribution in [2.75, 3.05) is 41.1 Å². The number of fused-ring (bicyclic) bond motifs is 3. The number of methoxy groups -OCH3 is 3. The molecule has 4 unspecified atom stereocenters. The molecule has 2 saturated heterocycles. The Labute approximate surface area is 429 Å². The summed E-state index contributed by atoms with van der Waals surface area (Å²) in [5.41, 5.74) is 1.25. The molecule has 1 amide bonds. The first-order valence-corrected chi connectivity index (χ1v) is 28.4. The molecular weight excluding hydrogens is 946 g/mol. The van der Waals surface area contributed by atoms with Gasteiger partial charge in [0.05, 0.1) is 31.0 Å². The number of esters is 1. The van der Waals surface area contributed by atoms with E-state index in [1.165, 1.54) is 18.7 Å². The van der Waals surface area contributed by atoms with Gasteiger partial charge in [-0.3, -0.25) is 23.7 Å². The standard InChI is InChI=1S/C55H88NO15P/c1-13-27-68-72(12,64)71-45-25-23-41(31-48(45)66-10)30-37(5)47-33-44(57)36(4)29-39(7)50(59)51(67-11)49(58)38(6)28-34(2)19-15-14-16-20-35(3)46(65-9)32-42-24-22-40(8)55(63,70-42)52(60)53(61)56-26-18-17-21-43(56)54(62)69-47/h14-16,19-20,29,34,36-38,40-43,45-48,50-51,59,63H,13,17-18,21-28,30-33H2,1-12H3/b16-14+,19-15+,35-20+,39-29+/t34-,36-,37-,38-,40?,41+,42+,43?,45-,46+,47+,48-,50-,51+,55?,72?/m1/s1. The van der Waals surface area contributed by atoms with E-state index < -0.39 is 103 Å². The van der Waals surface area contributed by atoms with Crippen LogP contribution in [0.2, 0.25) is 0 Å². The fraction of sp³-hybridized carbons (Fsp3) is 0.764. The van der Waals surface area contributed by atoms with Crippen molar-refractivity contribution >= 4 is 36.8 Å². The zero-order valence-corrected chi connectivity index (χ0v) is 46.1. The topological polar surface area (TPSA) is 211 Å². The first kappa shape index (κ1) is 61.4. The van der Waals surface area contributed by atoms with Gasteiger partial charge in [0.2, 0.25) is 5.79 Å². The summed E-state index contributed by atoms with van der Waals surface area (Å²) in [6.45, 7) is 16.4. The molecule has 4 aliphatic rings. The van der Waals surface area contributed by atoms with Crippen LogP contribution in [0, 0.1) is 35.5 Å². The van der Waals surface area contributed by atoms with Crippen LogP contribution < -0.4 is 0 Å². The van der Waals surface area contributed by atoms with Crippen LogP contribution in [0.4, 0.5) is 0 Å². The van der Waals surface area contributed by atoms with Gasteiger partial charge in [-0.15, -0.1) is 0 Å². The zero-order chi connectivity index (χ0) is 53.5. The van der Waals surface area contributed by atoms with Gasteiger partial charge in [-0.1, -0.05) is 78.0 Å². The Morgan fingerprint density at radius 2 is 1.60 bits per heavy atom. The number of carbonyl (C=O) groups excluding carboxylic acids is 5. The summed E-state index contributed by atoms with van der Waals surface area (Å²) in [5, 5.41) is 23.5. The highest BCUT2D eigenvalue weighted by molar-refractivity contribution is 7.53. The van der Waals surface area contributed by atoms with Gasteiger partial charge in [-0.25, -0.2) is 4.79 Å². The quantitative estimate of drug-likeness (QED) is 0.0861. The third kappa shape index (κ3) is 16.9. The van der Waals surface area contributed by atoms with Crippen molar-refractivity contribution < 1.29 is 71.5 Å². The second-order valence-electron chi connectivity index (χ2n) is 21.3. The molecule has 1 aliphatic carbocycles. The lowest BCUT2D eigenvalue weighted by molar-refractivity contribution is -0.265. The molecule has 3 fully saturated rings. The third-order valence-corrected chi connectivity index (χ3v) is 16.6. The van der Waals surface area contributed by atoms with E-state index in [1.807, 2.05) is 65.0 Å². The number of amides is 1. The number of carbonyl (C=O) groups is 5. The van der Waals surface area contributed by atoms with Crippen molar-refractivity contribution in [3.63, 3.8) is 0 Å². The number of piperidine rings is 1. The number of hydrogen-bond donors (Lipinski definition) is 2. The van der Waals surface area contributed by atoms with Crippen molar-refractivity contribution in [1.82, 2.24) is 4.90 Å². The first-order valence-electron chi connectivity index (χ1n) is 26.4. The number of ether oxygens (including phenoxy) is 5. The van der Waals surface area contributed by atoms with Gasteiger partial charge in [-0.05, 0) is 113 Å². The highest BCUT2D eigenvalue weighted by Crippen LogP contribution is 2.49. The molecule has 2 N–H and O–H groups in total. The Bertz CT molecular complexity index is 2000. The fourth-order valence-corrected chi connectivity index (χ4v) is 12.1. The summed E-state index contributed by atoms with van der Waals surface area (Å²) in [6.07, 6.45) is 11.5. The Kier molecular flexibility index (Phi) is 24.4. The summed E-state index contributed by atoms with van der Waals surface area (Å²) in [7, 11) is 1.20. The van der Waals surface area contributed by atoms with Crippen LogP contribution in [-0.4, -0.2) is 140 Å². The molecule has 0 aromatic rings. The molecular formula is C55H88NO15P. The second kappa shape index (κ2) is 28.6. The van der Waals surface area contributed by atoms with Crippen LogP contribution in [0.25, 0.3) is 0 Å². The molecule has 17 heteroatoms. The molecule has 1 saturated carbocycles. The number of allylic oxidation sites excluding steroid dienone is 6. The number of nitrogens with zero attached hydrogens (tertiary/aromatic N) is 1. The average molecular weight is 1030 g/mol. The van der Waals surface area contributed by atoms with Crippen molar-refractivity contribution in [2.45, 2.75) is 193 Å². The van der Waals surface area contributed by atoms with Crippen molar-refractivity contribution in [2.24, 2.45) is 35.5 Å². The summed E-state index contributed by atoms with van der Waals surface area (Å²) in [5.74, 6) is -8.26. The van der Waals surface area contributed by atoms with Crippen molar-refractivity contribution in [1.29, 1.82) is 0 Å². The summed E-state index contributed by atoms with van der Waals surface area (Å²) < 4.78 is 54.4. The summed E-state index contributed by atoms with van der Waals surface area (Å²) in [4.78, 5) is 72.5. The van der Waals surface area contributed by atoms with Gasteiger partial charge < -0.3 is 47.8 Å². The minimum atomic E-state index is -3.33. The van der Waals surface area contributed by atoms with E-state index >= 15 is 0 Å². The third-order valence-electron chi connectivity index (χ3n) is 15.3. The number of rotatable bonds is 11. The van der Waals surface area contributed by atoms with E-state index in [-0.39, 0.29) is 42.8 Å². The van der Waals surface area contributed by atoms with E-state index in [9.17, 15) is 38.8 Å². The maximum Gasteiger partial charge on any atom is 0.329 e. The van der Waals surface area contributed by atoms with Crippen LogP contribution >= 0.6 is 7.60 Å². The first-order chi connectivity index (χ1) is 34.0. The number of hydrogen-bond acceptors (Lipinski definition) is 15. The smallest absolute Gasteiger partial charge is 0.329 e. The minimum Gasteiger partial charge on any atom is -0.460 e. The molecule has 0 radical (unpaired) electrons. The molecule has 408 valence electrons. The molecule has 72 heavy (non-hydrogen) atoms. The Hall–Kier alpha value is -3.18. The van der Waals surface area contributed by atoms with Crippen LogP contribution in [0.15, 0.2) is 47.6 Å². The van der Waals surface area contributed by atoms with Crippen molar-refractivity contribution in [3.8, 4) is 0 Å². The number of Topliss-reactive ketones (excluding diaryl/α,β-unsaturated/α-hetero) is 3. The van der Waals surface area contributed by atoms with E-state index in [4.69, 9.17) is 32.7 Å². The van der Waals surface area contributed by atoms with E-state index in [0.29, 0.717) is 82.8 Å². The molecule has 0 aromatic heterocycles. The van der Waals surface area contributed by atoms with Gasteiger partial charge in [0, 0.05) is 65.1 Å². The van der Waals surface area contributed by atoms with E-state index in [0.717, 1.165) is 5.57 Å². The number of ketones is 3. The van der Waals surface area contributed by atoms with Gasteiger partial charge in [0.15, 0.2) is 5.78 Å². The van der Waals surface area contributed by atoms with Crippen LogP contribution in [0.3, 0.4) is 0 Å². The maximum atomic E-state index is 14.5. The van der Waals surface area contributed by atoms with Gasteiger partial charge in [0.1, 0.15) is 30.1 Å². The van der Waals surface area contributed by atoms with Crippen LogP contribution in [0.5, 0.6) is 0 Å². The summed E-state index contributed by atoms with van der Waals surface area (Å²) in [6, 6.07) is -1.17. The zero-order valence-electron chi connectivity index (χ0n) is 45.2. The molecule has 0 aromatic carbocycles. The number of cyclic esters (lactones) is 1. The minimum absolute atomic E-state index is 0.00646. The molecule has 3 heterocycles. The maximum absolute atomic E-state index is 14.5. The largest absolute Gasteiger partial charge is 0.460 e. The average Bonchev–Trinajstić information content (AvgIpc) is 3.35. The van der Waals surface area contributed by atoms with Crippen molar-refractivity contribution in [3.05, 3.63) is 47.6 Å². The van der Waals surface area contributed by atoms with E-state index in [1.54, 1.807) is 41.1 Å².